The van der Waals surface area contributed by atoms with Crippen LogP contribution in [-0.2, 0) is 11.3 Å². The van der Waals surface area contributed by atoms with Crippen molar-refractivity contribution in [2.75, 3.05) is 7.05 Å². The number of carbonyl (C=O) groups excluding carboxylic acids is 1. The molecule has 6 heteroatoms. The van der Waals surface area contributed by atoms with E-state index in [0.29, 0.717) is 6.54 Å². The maximum atomic E-state index is 11.9. The molecule has 0 saturated heterocycles. The molecule has 1 heterocycles. The van der Waals surface area contributed by atoms with Crippen LogP contribution in [0.4, 0.5) is 4.79 Å². The predicted octanol–water partition coefficient (Wildman–Crippen LogP) is 1.33. The average Bonchev–Trinajstić information content (AvgIpc) is 2.38. The first kappa shape index (κ1) is 14.9. The van der Waals surface area contributed by atoms with Crippen LogP contribution in [0.2, 0.25) is 0 Å². The van der Waals surface area contributed by atoms with Gasteiger partial charge in [0, 0.05) is 32.0 Å². The summed E-state index contributed by atoms with van der Waals surface area (Å²) in [5, 5.41) is 11.5. The Morgan fingerprint density at radius 3 is 2.68 bits per heavy atom. The van der Waals surface area contributed by atoms with Gasteiger partial charge >= 0.3 is 12.0 Å². The highest BCUT2D eigenvalue weighted by Gasteiger charge is 2.22. The van der Waals surface area contributed by atoms with Crippen molar-refractivity contribution in [1.29, 1.82) is 0 Å². The second-order valence-corrected chi connectivity index (χ2v) is 4.58. The lowest BCUT2D eigenvalue weighted by Gasteiger charge is -2.23. The second-order valence-electron chi connectivity index (χ2n) is 4.58. The number of carbonyl (C=O) groups is 2. The molecule has 1 rings (SSSR count). The van der Waals surface area contributed by atoms with Crippen molar-refractivity contribution < 1.29 is 14.7 Å². The highest BCUT2D eigenvalue weighted by Crippen LogP contribution is 2.05. The van der Waals surface area contributed by atoms with Crippen LogP contribution < -0.4 is 5.32 Å². The number of hydrogen-bond donors (Lipinski definition) is 2. The van der Waals surface area contributed by atoms with Gasteiger partial charge in [-0.1, -0.05) is 6.07 Å². The Kier molecular flexibility index (Phi) is 5.29. The fourth-order valence-electron chi connectivity index (χ4n) is 1.48. The molecule has 0 fully saturated rings. The number of aromatic nitrogens is 1. The van der Waals surface area contributed by atoms with Gasteiger partial charge < -0.3 is 15.3 Å². The summed E-state index contributed by atoms with van der Waals surface area (Å²) < 4.78 is 0. The standard InChI is InChI=1S/C13H19N3O3/c1-9(12(17)18)10(2)15-13(19)16(3)8-11-5-4-6-14-7-11/h4-7,9-10H,8H2,1-3H3,(H,15,19)(H,17,18). The van der Waals surface area contributed by atoms with E-state index in [1.165, 1.54) is 4.90 Å². The Bertz CT molecular complexity index is 436. The quantitative estimate of drug-likeness (QED) is 0.841. The third-order valence-electron chi connectivity index (χ3n) is 2.98. The zero-order chi connectivity index (χ0) is 14.4. The number of urea groups is 1. The number of aliphatic carboxylic acids is 1. The first-order valence-electron chi connectivity index (χ1n) is 6.05. The molecular formula is C13H19N3O3. The molecule has 0 saturated carbocycles. The Morgan fingerprint density at radius 2 is 2.16 bits per heavy atom. The number of nitrogens with one attached hydrogen (secondary N) is 1. The maximum absolute atomic E-state index is 11.9. The summed E-state index contributed by atoms with van der Waals surface area (Å²) >= 11 is 0. The summed E-state index contributed by atoms with van der Waals surface area (Å²) in [4.78, 5) is 28.2. The van der Waals surface area contributed by atoms with E-state index in [0.717, 1.165) is 5.56 Å². The lowest BCUT2D eigenvalue weighted by molar-refractivity contribution is -0.141. The summed E-state index contributed by atoms with van der Waals surface area (Å²) in [6.07, 6.45) is 3.35. The number of nitrogens with zero attached hydrogens (tertiary/aromatic N) is 2. The van der Waals surface area contributed by atoms with Crippen molar-refractivity contribution in [1.82, 2.24) is 15.2 Å². The molecule has 1 aromatic rings. The van der Waals surface area contributed by atoms with Crippen LogP contribution in [0, 0.1) is 5.92 Å². The van der Waals surface area contributed by atoms with E-state index in [1.807, 2.05) is 6.07 Å². The predicted molar refractivity (Wildman–Crippen MR) is 70.5 cm³/mol. The van der Waals surface area contributed by atoms with Gasteiger partial charge in [-0.05, 0) is 25.5 Å². The fourth-order valence-corrected chi connectivity index (χ4v) is 1.48. The van der Waals surface area contributed by atoms with Crippen molar-refractivity contribution in [3.8, 4) is 0 Å². The zero-order valence-electron chi connectivity index (χ0n) is 11.3. The minimum atomic E-state index is -0.928. The number of hydrogen-bond acceptors (Lipinski definition) is 3. The number of carboxylic acid groups (broad SMARTS) is 1. The molecule has 0 spiro atoms. The van der Waals surface area contributed by atoms with E-state index in [4.69, 9.17) is 5.11 Å². The number of carboxylic acids is 1. The average molecular weight is 265 g/mol. The van der Waals surface area contributed by atoms with E-state index in [-0.39, 0.29) is 6.03 Å². The van der Waals surface area contributed by atoms with E-state index in [9.17, 15) is 9.59 Å². The van der Waals surface area contributed by atoms with Crippen LogP contribution in [0.3, 0.4) is 0 Å². The van der Waals surface area contributed by atoms with Gasteiger partial charge in [0.25, 0.3) is 0 Å². The SMILES string of the molecule is CC(NC(=O)N(C)Cc1cccnc1)C(C)C(=O)O. The third-order valence-corrected chi connectivity index (χ3v) is 2.98. The molecule has 0 aromatic carbocycles. The molecule has 2 atom stereocenters. The van der Waals surface area contributed by atoms with E-state index >= 15 is 0 Å². The van der Waals surface area contributed by atoms with Crippen molar-refractivity contribution >= 4 is 12.0 Å². The summed E-state index contributed by atoms with van der Waals surface area (Å²) in [5.41, 5.74) is 0.916. The second kappa shape index (κ2) is 6.72. The molecule has 0 aliphatic carbocycles. The molecular weight excluding hydrogens is 246 g/mol. The van der Waals surface area contributed by atoms with E-state index in [1.54, 1.807) is 39.4 Å². The monoisotopic (exact) mass is 265 g/mol. The summed E-state index contributed by atoms with van der Waals surface area (Å²) in [6.45, 7) is 3.66. The summed E-state index contributed by atoms with van der Waals surface area (Å²) in [7, 11) is 1.65. The summed E-state index contributed by atoms with van der Waals surface area (Å²) in [6, 6.07) is 2.95. The molecule has 2 N–H and O–H groups in total. The Labute approximate surface area is 112 Å². The fraction of sp³-hybridized carbons (Fsp3) is 0.462. The van der Waals surface area contributed by atoms with Gasteiger partial charge in [-0.15, -0.1) is 0 Å². The lowest BCUT2D eigenvalue weighted by Crippen LogP contribution is -2.45. The van der Waals surface area contributed by atoms with Gasteiger partial charge in [-0.25, -0.2) is 4.79 Å². The molecule has 0 bridgehead atoms. The molecule has 6 nitrogen and oxygen atoms in total. The molecule has 0 aliphatic heterocycles. The summed E-state index contributed by atoms with van der Waals surface area (Å²) in [5.74, 6) is -1.56. The van der Waals surface area contributed by atoms with Crippen LogP contribution >= 0.6 is 0 Å². The molecule has 0 radical (unpaired) electrons. The number of rotatable bonds is 5. The van der Waals surface area contributed by atoms with Gasteiger partial charge in [0.1, 0.15) is 0 Å². The third kappa shape index (κ3) is 4.57. The highest BCUT2D eigenvalue weighted by molar-refractivity contribution is 5.76. The van der Waals surface area contributed by atoms with Crippen molar-refractivity contribution in [3.63, 3.8) is 0 Å². The first-order valence-corrected chi connectivity index (χ1v) is 6.05. The van der Waals surface area contributed by atoms with Crippen LogP contribution in [0.25, 0.3) is 0 Å². The number of amides is 2. The van der Waals surface area contributed by atoms with Gasteiger partial charge in [-0.3, -0.25) is 9.78 Å². The van der Waals surface area contributed by atoms with Crippen LogP contribution in [0.15, 0.2) is 24.5 Å². The maximum Gasteiger partial charge on any atom is 0.317 e. The molecule has 19 heavy (non-hydrogen) atoms. The van der Waals surface area contributed by atoms with Crippen molar-refractivity contribution in [2.24, 2.45) is 5.92 Å². The minimum absolute atomic E-state index is 0.301. The topological polar surface area (TPSA) is 82.5 Å². The zero-order valence-corrected chi connectivity index (χ0v) is 11.3. The smallest absolute Gasteiger partial charge is 0.317 e. The van der Waals surface area contributed by atoms with Crippen LogP contribution in [0.5, 0.6) is 0 Å². The van der Waals surface area contributed by atoms with E-state index in [2.05, 4.69) is 10.3 Å². The van der Waals surface area contributed by atoms with Crippen molar-refractivity contribution in [2.45, 2.75) is 26.4 Å². The minimum Gasteiger partial charge on any atom is -0.481 e. The molecule has 0 aliphatic rings. The van der Waals surface area contributed by atoms with Gasteiger partial charge in [-0.2, -0.15) is 0 Å². The van der Waals surface area contributed by atoms with Gasteiger partial charge in [0.2, 0.25) is 0 Å². The first-order chi connectivity index (χ1) is 8.91. The molecule has 1 aromatic heterocycles. The van der Waals surface area contributed by atoms with Gasteiger partial charge in [0.15, 0.2) is 0 Å². The Balaban J connectivity index is 2.51. The Hall–Kier alpha value is -2.11. The number of pyridine rings is 1. The van der Waals surface area contributed by atoms with Crippen LogP contribution in [-0.4, -0.2) is 40.1 Å². The van der Waals surface area contributed by atoms with Crippen LogP contribution in [0.1, 0.15) is 19.4 Å². The lowest BCUT2D eigenvalue weighted by atomic mass is 10.0. The van der Waals surface area contributed by atoms with Gasteiger partial charge in [0.05, 0.1) is 5.92 Å². The highest BCUT2D eigenvalue weighted by atomic mass is 16.4. The molecule has 2 amide bonds. The molecule has 2 unspecified atom stereocenters. The van der Waals surface area contributed by atoms with E-state index < -0.39 is 17.9 Å². The molecule has 104 valence electrons. The van der Waals surface area contributed by atoms with Crippen molar-refractivity contribution in [3.05, 3.63) is 30.1 Å². The largest absolute Gasteiger partial charge is 0.481 e. The Morgan fingerprint density at radius 1 is 1.47 bits per heavy atom. The normalized spacial score (nSPS) is 13.4.